The largest absolute Gasteiger partial charge is 0.341 e. The number of nitrogens with one attached hydrogen (secondary N) is 2. The van der Waals surface area contributed by atoms with Crippen molar-refractivity contribution in [2.45, 2.75) is 24.3 Å². The summed E-state index contributed by atoms with van der Waals surface area (Å²) in [6.07, 6.45) is 0.467. The third-order valence-corrected chi connectivity index (χ3v) is 4.97. The van der Waals surface area contributed by atoms with E-state index < -0.39 is 6.04 Å². The number of carbonyl (C=O) groups excluding carboxylic acids is 2. The van der Waals surface area contributed by atoms with E-state index in [1.807, 2.05) is 43.3 Å². The Hall–Kier alpha value is -2.78. The minimum atomic E-state index is -0.687. The van der Waals surface area contributed by atoms with Gasteiger partial charge in [-0.1, -0.05) is 36.4 Å². The van der Waals surface area contributed by atoms with Crippen LogP contribution in [0.3, 0.4) is 0 Å². The molecule has 5 nitrogen and oxygen atoms in total. The Bertz CT molecular complexity index is 787. The molecule has 0 aliphatic carbocycles. The lowest BCUT2D eigenvalue weighted by atomic mass is 10.1. The molecule has 26 heavy (non-hydrogen) atoms. The summed E-state index contributed by atoms with van der Waals surface area (Å²) in [5, 5.41) is 14.0. The van der Waals surface area contributed by atoms with Crippen LogP contribution in [-0.4, -0.2) is 30.2 Å². The average Bonchev–Trinajstić information content (AvgIpc) is 2.67. The number of nitriles is 1. The fourth-order valence-electron chi connectivity index (χ4n) is 2.35. The van der Waals surface area contributed by atoms with Crippen LogP contribution in [0.4, 0.5) is 0 Å². The van der Waals surface area contributed by atoms with Gasteiger partial charge in [-0.15, -0.1) is 11.8 Å². The molecule has 0 unspecified atom stereocenters. The minimum absolute atomic E-state index is 0.0819. The number of rotatable bonds is 8. The number of amides is 2. The van der Waals surface area contributed by atoms with Crippen molar-refractivity contribution >= 4 is 23.6 Å². The topological polar surface area (TPSA) is 82.0 Å². The molecule has 0 radical (unpaired) electrons. The van der Waals surface area contributed by atoms with Crippen LogP contribution < -0.4 is 10.6 Å². The second-order valence-electron chi connectivity index (χ2n) is 5.67. The second kappa shape index (κ2) is 10.3. The molecule has 2 aromatic carbocycles. The SMILES string of the molecule is Cc1ccccc1SCC[C@@H](NC(=O)c1ccccc1)C(=O)NCC#N. The molecule has 0 spiro atoms. The van der Waals surface area contributed by atoms with Gasteiger partial charge in [0.15, 0.2) is 0 Å². The van der Waals surface area contributed by atoms with Crippen LogP contribution in [0, 0.1) is 18.3 Å². The fraction of sp³-hybridized carbons (Fsp3) is 0.250. The Morgan fingerprint density at radius 1 is 1.12 bits per heavy atom. The molecule has 0 aliphatic rings. The summed E-state index contributed by atoms with van der Waals surface area (Å²) in [6.45, 7) is 1.96. The van der Waals surface area contributed by atoms with E-state index in [2.05, 4.69) is 10.6 Å². The summed E-state index contributed by atoms with van der Waals surface area (Å²) in [7, 11) is 0. The Labute approximate surface area is 157 Å². The van der Waals surface area contributed by atoms with Gasteiger partial charge in [0.25, 0.3) is 5.91 Å². The zero-order valence-electron chi connectivity index (χ0n) is 14.6. The molecule has 0 aliphatic heterocycles. The Morgan fingerprint density at radius 2 is 1.81 bits per heavy atom. The van der Waals surface area contributed by atoms with Crippen molar-refractivity contribution in [3.8, 4) is 6.07 Å². The van der Waals surface area contributed by atoms with Gasteiger partial charge in [0, 0.05) is 16.2 Å². The summed E-state index contributed by atoms with van der Waals surface area (Å²) in [5.41, 5.74) is 1.67. The molecule has 0 fully saturated rings. The van der Waals surface area contributed by atoms with Crippen molar-refractivity contribution in [1.82, 2.24) is 10.6 Å². The number of benzene rings is 2. The number of thioether (sulfide) groups is 1. The zero-order chi connectivity index (χ0) is 18.8. The van der Waals surface area contributed by atoms with Crippen molar-refractivity contribution in [1.29, 1.82) is 5.26 Å². The van der Waals surface area contributed by atoms with Crippen molar-refractivity contribution in [3.05, 3.63) is 65.7 Å². The van der Waals surface area contributed by atoms with Gasteiger partial charge in [0.2, 0.25) is 5.91 Å². The number of carbonyl (C=O) groups is 2. The predicted octanol–water partition coefficient (Wildman–Crippen LogP) is 2.92. The van der Waals surface area contributed by atoms with Crippen LogP contribution in [0.25, 0.3) is 0 Å². The first-order valence-corrected chi connectivity index (χ1v) is 9.29. The van der Waals surface area contributed by atoms with Gasteiger partial charge in [0.1, 0.15) is 12.6 Å². The molecule has 2 aromatic rings. The number of aryl methyl sites for hydroxylation is 1. The van der Waals surface area contributed by atoms with Crippen LogP contribution in [-0.2, 0) is 4.79 Å². The lowest BCUT2D eigenvalue weighted by Crippen LogP contribution is -2.47. The molecule has 0 heterocycles. The Morgan fingerprint density at radius 3 is 2.50 bits per heavy atom. The maximum atomic E-state index is 12.4. The van der Waals surface area contributed by atoms with Crippen molar-refractivity contribution < 1.29 is 9.59 Å². The molecular weight excluding hydrogens is 346 g/mol. The quantitative estimate of drug-likeness (QED) is 0.555. The summed E-state index contributed by atoms with van der Waals surface area (Å²) in [6, 6.07) is 18.0. The minimum Gasteiger partial charge on any atom is -0.341 e. The molecule has 6 heteroatoms. The van der Waals surface area contributed by atoms with E-state index in [1.165, 1.54) is 5.56 Å². The van der Waals surface area contributed by atoms with Crippen LogP contribution in [0.5, 0.6) is 0 Å². The van der Waals surface area contributed by atoms with Crippen LogP contribution in [0.15, 0.2) is 59.5 Å². The van der Waals surface area contributed by atoms with Gasteiger partial charge in [-0.2, -0.15) is 5.26 Å². The smallest absolute Gasteiger partial charge is 0.251 e. The highest BCUT2D eigenvalue weighted by Crippen LogP contribution is 2.22. The fourth-order valence-corrected chi connectivity index (χ4v) is 3.40. The summed E-state index contributed by atoms with van der Waals surface area (Å²) in [5.74, 6) is 0.0229. The van der Waals surface area contributed by atoms with Crippen LogP contribution in [0.2, 0.25) is 0 Å². The number of hydrogen-bond donors (Lipinski definition) is 2. The molecule has 2 rings (SSSR count). The average molecular weight is 367 g/mol. The molecule has 0 aromatic heterocycles. The second-order valence-corrected chi connectivity index (χ2v) is 6.81. The lowest BCUT2D eigenvalue weighted by molar-refractivity contribution is -0.122. The molecule has 0 saturated heterocycles. The Kier molecular flexibility index (Phi) is 7.72. The third-order valence-electron chi connectivity index (χ3n) is 3.76. The molecule has 2 amide bonds. The maximum Gasteiger partial charge on any atom is 0.251 e. The van der Waals surface area contributed by atoms with Crippen LogP contribution in [0.1, 0.15) is 22.3 Å². The monoisotopic (exact) mass is 367 g/mol. The van der Waals surface area contributed by atoms with Crippen molar-refractivity contribution in [2.24, 2.45) is 0 Å². The molecule has 0 saturated carbocycles. The van der Waals surface area contributed by atoms with E-state index in [1.54, 1.807) is 36.0 Å². The number of hydrogen-bond acceptors (Lipinski definition) is 4. The molecule has 1 atom stereocenters. The van der Waals surface area contributed by atoms with Crippen molar-refractivity contribution in [2.75, 3.05) is 12.3 Å². The van der Waals surface area contributed by atoms with Crippen molar-refractivity contribution in [3.63, 3.8) is 0 Å². The molecule has 2 N–H and O–H groups in total. The van der Waals surface area contributed by atoms with Crippen LogP contribution >= 0.6 is 11.8 Å². The first-order valence-electron chi connectivity index (χ1n) is 8.31. The van der Waals surface area contributed by atoms with Gasteiger partial charge in [0.05, 0.1) is 6.07 Å². The number of nitrogens with zero attached hydrogens (tertiary/aromatic N) is 1. The van der Waals surface area contributed by atoms with E-state index in [0.717, 1.165) is 4.90 Å². The van der Waals surface area contributed by atoms with E-state index >= 15 is 0 Å². The summed E-state index contributed by atoms with van der Waals surface area (Å²) >= 11 is 1.64. The van der Waals surface area contributed by atoms with Gasteiger partial charge in [-0.25, -0.2) is 0 Å². The highest BCUT2D eigenvalue weighted by molar-refractivity contribution is 7.99. The van der Waals surface area contributed by atoms with Gasteiger partial charge in [-0.05, 0) is 37.1 Å². The van der Waals surface area contributed by atoms with E-state index in [4.69, 9.17) is 5.26 Å². The maximum absolute atomic E-state index is 12.4. The molecule has 0 bridgehead atoms. The highest BCUT2D eigenvalue weighted by atomic mass is 32.2. The predicted molar refractivity (Wildman–Crippen MR) is 103 cm³/mol. The van der Waals surface area contributed by atoms with Gasteiger partial charge >= 0.3 is 0 Å². The Balaban J connectivity index is 1.99. The first-order chi connectivity index (χ1) is 12.6. The normalized spacial score (nSPS) is 11.2. The van der Waals surface area contributed by atoms with E-state index in [0.29, 0.717) is 17.7 Å². The first kappa shape index (κ1) is 19.5. The standard InChI is InChI=1S/C20H21N3O2S/c1-15-7-5-6-10-18(15)26-14-11-17(20(25)22-13-12-21)23-19(24)16-8-3-2-4-9-16/h2-10,17H,11,13-14H2,1H3,(H,22,25)(H,23,24)/t17-/m1/s1. The van der Waals surface area contributed by atoms with E-state index in [-0.39, 0.29) is 18.4 Å². The van der Waals surface area contributed by atoms with Gasteiger partial charge in [-0.3, -0.25) is 9.59 Å². The van der Waals surface area contributed by atoms with Gasteiger partial charge < -0.3 is 10.6 Å². The van der Waals surface area contributed by atoms with E-state index in [9.17, 15) is 9.59 Å². The lowest BCUT2D eigenvalue weighted by Gasteiger charge is -2.18. The molecule has 134 valence electrons. The zero-order valence-corrected chi connectivity index (χ0v) is 15.4. The summed E-state index contributed by atoms with van der Waals surface area (Å²) < 4.78 is 0. The third kappa shape index (κ3) is 5.94. The summed E-state index contributed by atoms with van der Waals surface area (Å²) in [4.78, 5) is 25.8. The highest BCUT2D eigenvalue weighted by Gasteiger charge is 2.21. The molecular formula is C20H21N3O2S.